The normalized spacial score (nSPS) is 11.6. The molecule has 0 bridgehead atoms. The number of nitrogens with two attached hydrogens (primary N) is 1. The lowest BCUT2D eigenvalue weighted by molar-refractivity contribution is 0.597. The summed E-state index contributed by atoms with van der Waals surface area (Å²) >= 11 is 1.75. The first-order valence-electron chi connectivity index (χ1n) is 6.72. The Morgan fingerprint density at radius 1 is 1.27 bits per heavy atom. The number of nitrogens with zero attached hydrogens (tertiary/aromatic N) is 1. The van der Waals surface area contributed by atoms with E-state index in [1.54, 1.807) is 11.8 Å². The molecule has 126 valence electrons. The summed E-state index contributed by atoms with van der Waals surface area (Å²) in [6.07, 6.45) is 0. The second-order valence-electron chi connectivity index (χ2n) is 4.22. The number of benzene rings is 1. The van der Waals surface area contributed by atoms with Crippen LogP contribution in [0.25, 0.3) is 0 Å². The van der Waals surface area contributed by atoms with Crippen LogP contribution in [0.3, 0.4) is 0 Å². The van der Waals surface area contributed by atoms with E-state index in [-0.39, 0.29) is 36.3 Å². The molecule has 1 aromatic carbocycles. The molecule has 0 saturated heterocycles. The van der Waals surface area contributed by atoms with E-state index < -0.39 is 10.0 Å². The Kier molecular flexibility index (Phi) is 11.7. The zero-order valence-electron chi connectivity index (χ0n) is 12.5. The molecule has 0 radical (unpaired) electrons. The van der Waals surface area contributed by atoms with Crippen LogP contribution in [0.15, 0.2) is 40.2 Å². The summed E-state index contributed by atoms with van der Waals surface area (Å²) < 4.78 is 21.7. The van der Waals surface area contributed by atoms with E-state index in [2.05, 4.69) is 27.8 Å². The molecule has 1 rings (SSSR count). The van der Waals surface area contributed by atoms with Crippen LogP contribution < -0.4 is 15.8 Å². The molecule has 6 nitrogen and oxygen atoms in total. The largest absolute Gasteiger partial charge is 0.357 e. The van der Waals surface area contributed by atoms with Gasteiger partial charge in [0.05, 0.1) is 12.3 Å². The van der Waals surface area contributed by atoms with Crippen LogP contribution in [0, 0.1) is 0 Å². The van der Waals surface area contributed by atoms with Crippen LogP contribution in [0.1, 0.15) is 6.92 Å². The van der Waals surface area contributed by atoms with Gasteiger partial charge in [0.25, 0.3) is 0 Å². The molecule has 0 spiro atoms. The number of hydrogen-bond acceptors (Lipinski definition) is 4. The van der Waals surface area contributed by atoms with Gasteiger partial charge in [0.15, 0.2) is 5.96 Å². The van der Waals surface area contributed by atoms with Gasteiger partial charge in [0.1, 0.15) is 0 Å². The third-order valence-electron chi connectivity index (χ3n) is 2.40. The molecule has 0 aliphatic rings. The second-order valence-corrected chi connectivity index (χ2v) is 7.12. The van der Waals surface area contributed by atoms with Crippen molar-refractivity contribution in [1.29, 1.82) is 0 Å². The second kappa shape index (κ2) is 12.0. The highest BCUT2D eigenvalue weighted by molar-refractivity contribution is 14.0. The lowest BCUT2D eigenvalue weighted by atomic mass is 10.4. The first-order chi connectivity index (χ1) is 10.0. The van der Waals surface area contributed by atoms with Crippen molar-refractivity contribution in [2.24, 2.45) is 10.1 Å². The van der Waals surface area contributed by atoms with E-state index in [0.29, 0.717) is 12.5 Å². The SMILES string of the molecule is CCNC(=NCCS(N)(=O)=O)NCCSc1ccccc1.I. The van der Waals surface area contributed by atoms with Gasteiger partial charge in [-0.2, -0.15) is 0 Å². The predicted octanol–water partition coefficient (Wildman–Crippen LogP) is 1.24. The first-order valence-corrected chi connectivity index (χ1v) is 9.42. The zero-order chi connectivity index (χ0) is 15.6. The lowest BCUT2D eigenvalue weighted by Gasteiger charge is -2.10. The Balaban J connectivity index is 0.00000441. The van der Waals surface area contributed by atoms with Gasteiger partial charge >= 0.3 is 0 Å². The van der Waals surface area contributed by atoms with E-state index in [1.165, 1.54) is 4.90 Å². The minimum absolute atomic E-state index is 0. The molecule has 0 amide bonds. The summed E-state index contributed by atoms with van der Waals surface area (Å²) in [5.74, 6) is 1.35. The molecule has 9 heteroatoms. The molecule has 0 fully saturated rings. The standard InChI is InChI=1S/C13H22N4O2S2.HI/c1-2-15-13(17-9-11-21(14,18)19)16-8-10-20-12-6-4-3-5-7-12;/h3-7H,2,8-11H2,1H3,(H2,14,18,19)(H2,15,16,17);1H. The highest BCUT2D eigenvalue weighted by atomic mass is 127. The molecule has 0 aliphatic carbocycles. The van der Waals surface area contributed by atoms with Crippen LogP contribution in [-0.4, -0.2) is 45.5 Å². The van der Waals surface area contributed by atoms with Crippen molar-refractivity contribution in [3.05, 3.63) is 30.3 Å². The monoisotopic (exact) mass is 458 g/mol. The summed E-state index contributed by atoms with van der Waals surface area (Å²) in [4.78, 5) is 5.39. The quantitative estimate of drug-likeness (QED) is 0.179. The van der Waals surface area contributed by atoms with Crippen LogP contribution in [0.4, 0.5) is 0 Å². The van der Waals surface area contributed by atoms with Crippen molar-refractivity contribution in [1.82, 2.24) is 10.6 Å². The molecule has 0 atom stereocenters. The number of hydrogen-bond donors (Lipinski definition) is 3. The summed E-state index contributed by atoms with van der Waals surface area (Å²) in [7, 11) is -3.46. The van der Waals surface area contributed by atoms with Crippen molar-refractivity contribution < 1.29 is 8.42 Å². The molecule has 22 heavy (non-hydrogen) atoms. The van der Waals surface area contributed by atoms with Gasteiger partial charge < -0.3 is 10.6 Å². The molecule has 4 N–H and O–H groups in total. The fourth-order valence-corrected chi connectivity index (χ4v) is 2.62. The van der Waals surface area contributed by atoms with E-state index in [0.717, 1.165) is 12.3 Å². The molecule has 1 aromatic rings. The van der Waals surface area contributed by atoms with Gasteiger partial charge in [0, 0.05) is 23.7 Å². The lowest BCUT2D eigenvalue weighted by Crippen LogP contribution is -2.38. The third-order valence-corrected chi connectivity index (χ3v) is 4.16. The number of guanidine groups is 1. The van der Waals surface area contributed by atoms with E-state index in [9.17, 15) is 8.42 Å². The Morgan fingerprint density at radius 2 is 1.95 bits per heavy atom. The van der Waals surface area contributed by atoms with E-state index in [1.807, 2.05) is 25.1 Å². The average molecular weight is 458 g/mol. The number of halogens is 1. The Hall–Kier alpha value is -0.520. The smallest absolute Gasteiger partial charge is 0.210 e. The van der Waals surface area contributed by atoms with Gasteiger partial charge in [0.2, 0.25) is 10.0 Å². The van der Waals surface area contributed by atoms with Crippen molar-refractivity contribution in [3.8, 4) is 0 Å². The van der Waals surface area contributed by atoms with Gasteiger partial charge in [-0.3, -0.25) is 4.99 Å². The topological polar surface area (TPSA) is 96.6 Å². The third kappa shape index (κ3) is 11.1. The van der Waals surface area contributed by atoms with Crippen LogP contribution >= 0.6 is 35.7 Å². The Bertz CT molecular complexity index is 538. The fourth-order valence-electron chi connectivity index (χ4n) is 1.48. The van der Waals surface area contributed by atoms with E-state index in [4.69, 9.17) is 5.14 Å². The molecule has 0 saturated carbocycles. The zero-order valence-corrected chi connectivity index (χ0v) is 16.5. The minimum Gasteiger partial charge on any atom is -0.357 e. The number of rotatable bonds is 8. The summed E-state index contributed by atoms with van der Waals surface area (Å²) in [5, 5.41) is 11.2. The van der Waals surface area contributed by atoms with Gasteiger partial charge in [-0.05, 0) is 19.1 Å². The summed E-state index contributed by atoms with van der Waals surface area (Å²) in [6.45, 7) is 3.56. The summed E-state index contributed by atoms with van der Waals surface area (Å²) in [5.41, 5.74) is 0. The number of sulfonamides is 1. The maximum absolute atomic E-state index is 10.9. The van der Waals surface area contributed by atoms with Gasteiger partial charge in [-0.25, -0.2) is 13.6 Å². The van der Waals surface area contributed by atoms with Crippen molar-refractivity contribution in [2.75, 3.05) is 31.1 Å². The summed E-state index contributed by atoms with van der Waals surface area (Å²) in [6, 6.07) is 10.1. The molecular formula is C13H23IN4O2S2. The van der Waals surface area contributed by atoms with E-state index >= 15 is 0 Å². The maximum Gasteiger partial charge on any atom is 0.210 e. The minimum atomic E-state index is -3.46. The van der Waals surface area contributed by atoms with Crippen molar-refractivity contribution in [2.45, 2.75) is 11.8 Å². The maximum atomic E-state index is 10.9. The molecular weight excluding hydrogens is 435 g/mol. The number of primary sulfonamides is 1. The molecule has 0 aromatic heterocycles. The number of thioether (sulfide) groups is 1. The highest BCUT2D eigenvalue weighted by Crippen LogP contribution is 2.15. The molecule has 0 aliphatic heterocycles. The van der Waals surface area contributed by atoms with Crippen molar-refractivity contribution in [3.63, 3.8) is 0 Å². The molecule has 0 heterocycles. The average Bonchev–Trinajstić information content (AvgIpc) is 2.43. The predicted molar refractivity (Wildman–Crippen MR) is 105 cm³/mol. The number of aliphatic imine (C=N–C) groups is 1. The van der Waals surface area contributed by atoms with Crippen LogP contribution in [0.5, 0.6) is 0 Å². The van der Waals surface area contributed by atoms with Crippen LogP contribution in [0.2, 0.25) is 0 Å². The van der Waals surface area contributed by atoms with Crippen molar-refractivity contribution >= 4 is 51.7 Å². The fraction of sp³-hybridized carbons (Fsp3) is 0.462. The van der Waals surface area contributed by atoms with Gasteiger partial charge in [-0.1, -0.05) is 18.2 Å². The molecule has 0 unspecified atom stereocenters. The van der Waals surface area contributed by atoms with Gasteiger partial charge in [-0.15, -0.1) is 35.7 Å². The van der Waals surface area contributed by atoms with Crippen LogP contribution in [-0.2, 0) is 10.0 Å². The Morgan fingerprint density at radius 3 is 2.55 bits per heavy atom. The highest BCUT2D eigenvalue weighted by Gasteiger charge is 2.02. The Labute approximate surface area is 153 Å². The first kappa shape index (κ1) is 21.5. The number of nitrogens with one attached hydrogen (secondary N) is 2.